The second-order valence-corrected chi connectivity index (χ2v) is 3.10. The highest BCUT2D eigenvalue weighted by Crippen LogP contribution is 2.10. The minimum Gasteiger partial charge on any atom is -0.268 e. The number of pyridine rings is 2. The van der Waals surface area contributed by atoms with Gasteiger partial charge in [-0.25, -0.2) is 3.59 Å². The minimum absolute atomic E-state index is 0.0753. The lowest BCUT2D eigenvalue weighted by Crippen LogP contribution is -2.10. The van der Waals surface area contributed by atoms with Crippen LogP contribution in [-0.4, -0.2) is 8.58 Å². The first-order valence-electron chi connectivity index (χ1n) is 3.41. The Labute approximate surface area is 77.0 Å². The third-order valence-electron chi connectivity index (χ3n) is 1.64. The molecular weight excluding hydrogens is 220 g/mol. The highest BCUT2D eigenvalue weighted by Gasteiger charge is 1.97. The Morgan fingerprint density at radius 1 is 1.33 bits per heavy atom. The van der Waals surface area contributed by atoms with Gasteiger partial charge in [0.15, 0.2) is 0 Å². The molecule has 2 aromatic rings. The SMILES string of the molecule is O=c1ccc2cnccc2n1Br. The van der Waals surface area contributed by atoms with Crippen LogP contribution >= 0.6 is 16.1 Å². The average Bonchev–Trinajstić information content (AvgIpc) is 2.12. The van der Waals surface area contributed by atoms with E-state index in [1.165, 1.54) is 9.66 Å². The largest absolute Gasteiger partial charge is 0.268 e. The number of rotatable bonds is 0. The fourth-order valence-corrected chi connectivity index (χ4v) is 1.49. The van der Waals surface area contributed by atoms with Crippen LogP contribution in [0.3, 0.4) is 0 Å². The van der Waals surface area contributed by atoms with Crippen LogP contribution in [0.15, 0.2) is 35.4 Å². The highest BCUT2D eigenvalue weighted by molar-refractivity contribution is 9.08. The van der Waals surface area contributed by atoms with E-state index in [2.05, 4.69) is 21.1 Å². The summed E-state index contributed by atoms with van der Waals surface area (Å²) in [5.74, 6) is 0. The zero-order valence-corrected chi connectivity index (χ0v) is 7.65. The third-order valence-corrected chi connectivity index (χ3v) is 2.37. The molecule has 3 nitrogen and oxygen atoms in total. The fourth-order valence-electron chi connectivity index (χ4n) is 1.05. The summed E-state index contributed by atoms with van der Waals surface area (Å²) in [6.07, 6.45) is 3.37. The van der Waals surface area contributed by atoms with Crippen molar-refractivity contribution in [1.82, 2.24) is 8.58 Å². The molecule has 0 aliphatic carbocycles. The van der Waals surface area contributed by atoms with Crippen LogP contribution in [0.2, 0.25) is 0 Å². The molecule has 12 heavy (non-hydrogen) atoms. The van der Waals surface area contributed by atoms with Gasteiger partial charge >= 0.3 is 0 Å². The van der Waals surface area contributed by atoms with Crippen LogP contribution in [0.5, 0.6) is 0 Å². The molecule has 2 rings (SSSR count). The van der Waals surface area contributed by atoms with Crippen molar-refractivity contribution in [3.8, 4) is 0 Å². The number of halogens is 1. The zero-order valence-electron chi connectivity index (χ0n) is 6.07. The topological polar surface area (TPSA) is 34.9 Å². The van der Waals surface area contributed by atoms with Gasteiger partial charge in [0.05, 0.1) is 21.7 Å². The summed E-state index contributed by atoms with van der Waals surface area (Å²) in [4.78, 5) is 15.1. The van der Waals surface area contributed by atoms with Crippen LogP contribution in [0.25, 0.3) is 10.9 Å². The summed E-state index contributed by atoms with van der Waals surface area (Å²) >= 11 is 3.16. The molecule has 60 valence electrons. The summed E-state index contributed by atoms with van der Waals surface area (Å²) in [7, 11) is 0. The van der Waals surface area contributed by atoms with E-state index < -0.39 is 0 Å². The van der Waals surface area contributed by atoms with Gasteiger partial charge < -0.3 is 0 Å². The normalized spacial score (nSPS) is 10.4. The van der Waals surface area contributed by atoms with Crippen molar-refractivity contribution in [3.05, 3.63) is 40.9 Å². The second-order valence-electron chi connectivity index (χ2n) is 2.39. The van der Waals surface area contributed by atoms with E-state index in [1.807, 2.05) is 0 Å². The second kappa shape index (κ2) is 2.71. The van der Waals surface area contributed by atoms with E-state index in [9.17, 15) is 4.79 Å². The van der Waals surface area contributed by atoms with Crippen molar-refractivity contribution in [1.29, 1.82) is 0 Å². The summed E-state index contributed by atoms with van der Waals surface area (Å²) in [5.41, 5.74) is 0.756. The maximum absolute atomic E-state index is 11.1. The van der Waals surface area contributed by atoms with Gasteiger partial charge in [0, 0.05) is 23.8 Å². The van der Waals surface area contributed by atoms with E-state index in [1.54, 1.807) is 24.5 Å². The average molecular weight is 225 g/mol. The molecule has 0 atom stereocenters. The lowest BCUT2D eigenvalue weighted by Gasteiger charge is -1.99. The van der Waals surface area contributed by atoms with Crippen molar-refractivity contribution in [2.45, 2.75) is 0 Å². The van der Waals surface area contributed by atoms with Gasteiger partial charge in [0.2, 0.25) is 0 Å². The fraction of sp³-hybridized carbons (Fsp3) is 0. The van der Waals surface area contributed by atoms with Crippen LogP contribution < -0.4 is 5.56 Å². The van der Waals surface area contributed by atoms with Gasteiger partial charge in [-0.3, -0.25) is 9.78 Å². The molecule has 2 heterocycles. The summed E-state index contributed by atoms with van der Waals surface area (Å²) in [6, 6.07) is 5.03. The quantitative estimate of drug-likeness (QED) is 0.681. The van der Waals surface area contributed by atoms with Crippen molar-refractivity contribution in [2.75, 3.05) is 0 Å². The molecule has 4 heteroatoms. The number of nitrogens with zero attached hydrogens (tertiary/aromatic N) is 2. The van der Waals surface area contributed by atoms with Crippen LogP contribution in [0, 0.1) is 0 Å². The third kappa shape index (κ3) is 1.04. The maximum Gasteiger partial charge on any atom is 0.261 e. The Morgan fingerprint density at radius 3 is 3.00 bits per heavy atom. The molecule has 0 N–H and O–H groups in total. The van der Waals surface area contributed by atoms with Crippen molar-refractivity contribution < 1.29 is 0 Å². The van der Waals surface area contributed by atoms with Gasteiger partial charge in [-0.05, 0) is 12.1 Å². The van der Waals surface area contributed by atoms with E-state index >= 15 is 0 Å². The summed E-state index contributed by atoms with van der Waals surface area (Å²) < 4.78 is 1.42. The molecule has 0 radical (unpaired) electrons. The monoisotopic (exact) mass is 224 g/mol. The summed E-state index contributed by atoms with van der Waals surface area (Å²) in [6.45, 7) is 0. The molecule has 0 unspecified atom stereocenters. The standard InChI is InChI=1S/C8H5BrN2O/c9-11-7-3-4-10-5-6(7)1-2-8(11)12/h1-5H. The van der Waals surface area contributed by atoms with Gasteiger partial charge in [0.25, 0.3) is 5.56 Å². The molecule has 0 bridgehead atoms. The molecule has 0 amide bonds. The molecule has 0 saturated heterocycles. The molecule has 0 fully saturated rings. The van der Waals surface area contributed by atoms with E-state index in [4.69, 9.17) is 0 Å². The van der Waals surface area contributed by atoms with E-state index in [0.717, 1.165) is 10.9 Å². The van der Waals surface area contributed by atoms with Crippen molar-refractivity contribution >= 4 is 27.1 Å². The van der Waals surface area contributed by atoms with Crippen molar-refractivity contribution in [2.24, 2.45) is 0 Å². The lowest BCUT2D eigenvalue weighted by atomic mass is 10.3. The van der Waals surface area contributed by atoms with Gasteiger partial charge in [-0.1, -0.05) is 0 Å². The van der Waals surface area contributed by atoms with Gasteiger partial charge in [0.1, 0.15) is 0 Å². The first kappa shape index (κ1) is 7.49. The molecule has 0 aliphatic heterocycles. The molecule has 2 aromatic heterocycles. The Kier molecular flexibility index (Phi) is 1.69. The van der Waals surface area contributed by atoms with E-state index in [0.29, 0.717) is 0 Å². The lowest BCUT2D eigenvalue weighted by molar-refractivity contribution is 1.22. The number of fused-ring (bicyclic) bond motifs is 1. The number of hydrogen-bond acceptors (Lipinski definition) is 2. The molecule has 0 aromatic carbocycles. The number of hydrogen-bond donors (Lipinski definition) is 0. The predicted octanol–water partition coefficient (Wildman–Crippen LogP) is 1.55. The zero-order chi connectivity index (χ0) is 8.55. The van der Waals surface area contributed by atoms with Gasteiger partial charge in [-0.2, -0.15) is 0 Å². The first-order valence-corrected chi connectivity index (χ1v) is 4.12. The Hall–Kier alpha value is -1.16. The Morgan fingerprint density at radius 2 is 2.17 bits per heavy atom. The van der Waals surface area contributed by atoms with Crippen LogP contribution in [0.1, 0.15) is 0 Å². The maximum atomic E-state index is 11.1. The molecule has 0 spiro atoms. The summed E-state index contributed by atoms with van der Waals surface area (Å²) in [5, 5.41) is 0.939. The van der Waals surface area contributed by atoms with Crippen molar-refractivity contribution in [3.63, 3.8) is 0 Å². The number of aromatic nitrogens is 2. The minimum atomic E-state index is -0.0753. The molecule has 0 aliphatic rings. The Bertz CT molecular complexity index is 478. The Balaban J connectivity index is 3.01. The molecule has 0 saturated carbocycles. The molecular formula is C8H5BrN2O. The van der Waals surface area contributed by atoms with Gasteiger partial charge in [-0.15, -0.1) is 0 Å². The van der Waals surface area contributed by atoms with Crippen LogP contribution in [0.4, 0.5) is 0 Å². The highest BCUT2D eigenvalue weighted by atomic mass is 79.9. The smallest absolute Gasteiger partial charge is 0.261 e. The van der Waals surface area contributed by atoms with Crippen LogP contribution in [-0.2, 0) is 0 Å². The predicted molar refractivity (Wildman–Crippen MR) is 50.3 cm³/mol. The first-order chi connectivity index (χ1) is 5.79. The van der Waals surface area contributed by atoms with E-state index in [-0.39, 0.29) is 5.56 Å².